The maximum atomic E-state index is 12.7. The van der Waals surface area contributed by atoms with E-state index in [1.807, 2.05) is 11.0 Å². The first-order valence-electron chi connectivity index (χ1n) is 9.52. The first-order valence-corrected chi connectivity index (χ1v) is 9.52. The summed E-state index contributed by atoms with van der Waals surface area (Å²) in [6.07, 6.45) is 5.82. The van der Waals surface area contributed by atoms with Crippen LogP contribution in [-0.4, -0.2) is 30.2 Å². The van der Waals surface area contributed by atoms with Gasteiger partial charge in [-0.25, -0.2) is 4.79 Å². The third-order valence-corrected chi connectivity index (χ3v) is 5.64. The summed E-state index contributed by atoms with van der Waals surface area (Å²) < 4.78 is 5.81. The normalized spacial score (nSPS) is 18.9. The molecule has 0 radical (unpaired) electrons. The Balaban J connectivity index is 1.51. The highest BCUT2D eigenvalue weighted by atomic mass is 16.6. The van der Waals surface area contributed by atoms with Gasteiger partial charge in [0.1, 0.15) is 6.61 Å². The van der Waals surface area contributed by atoms with Gasteiger partial charge >= 0.3 is 6.09 Å². The number of rotatable bonds is 4. The van der Waals surface area contributed by atoms with Crippen LogP contribution in [0.3, 0.4) is 0 Å². The number of piperidine rings is 1. The third-order valence-electron chi connectivity index (χ3n) is 5.64. The number of hydrogen-bond donors (Lipinski definition) is 0. The van der Waals surface area contributed by atoms with Gasteiger partial charge in [0.25, 0.3) is 0 Å². The van der Waals surface area contributed by atoms with Crippen molar-refractivity contribution in [2.24, 2.45) is 0 Å². The van der Waals surface area contributed by atoms with E-state index in [0.717, 1.165) is 25.8 Å². The minimum Gasteiger partial charge on any atom is -0.448 e. The van der Waals surface area contributed by atoms with E-state index in [0.29, 0.717) is 6.61 Å². The van der Waals surface area contributed by atoms with Crippen molar-refractivity contribution in [2.75, 3.05) is 13.2 Å². The van der Waals surface area contributed by atoms with E-state index in [2.05, 4.69) is 55.1 Å². The number of benzene rings is 2. The highest BCUT2D eigenvalue weighted by molar-refractivity contribution is 5.79. The SMILES string of the molecule is C=CCC1CCCCN1C(=O)OCC1c2ccccc2-c2ccccc21. The molecule has 0 aromatic heterocycles. The Hall–Kier alpha value is -2.55. The fourth-order valence-corrected chi connectivity index (χ4v) is 4.36. The van der Waals surface area contributed by atoms with Gasteiger partial charge in [-0.3, -0.25) is 0 Å². The average Bonchev–Trinajstić information content (AvgIpc) is 3.01. The summed E-state index contributed by atoms with van der Waals surface area (Å²) in [5, 5.41) is 0. The predicted molar refractivity (Wildman–Crippen MR) is 104 cm³/mol. The smallest absolute Gasteiger partial charge is 0.410 e. The molecule has 3 nitrogen and oxygen atoms in total. The Labute approximate surface area is 155 Å². The number of carbonyl (C=O) groups excluding carboxylic acids is 1. The largest absolute Gasteiger partial charge is 0.448 e. The number of amides is 1. The van der Waals surface area contributed by atoms with Crippen LogP contribution in [0.1, 0.15) is 42.7 Å². The van der Waals surface area contributed by atoms with Crippen LogP contribution >= 0.6 is 0 Å². The topological polar surface area (TPSA) is 29.5 Å². The molecule has 1 heterocycles. The quantitative estimate of drug-likeness (QED) is 0.696. The first kappa shape index (κ1) is 16.9. The van der Waals surface area contributed by atoms with Crippen LogP contribution in [0.4, 0.5) is 4.79 Å². The van der Waals surface area contributed by atoms with Gasteiger partial charge in [-0.2, -0.15) is 0 Å². The maximum Gasteiger partial charge on any atom is 0.410 e. The van der Waals surface area contributed by atoms with Crippen molar-refractivity contribution in [1.29, 1.82) is 0 Å². The van der Waals surface area contributed by atoms with Crippen molar-refractivity contribution in [1.82, 2.24) is 4.90 Å². The highest BCUT2D eigenvalue weighted by Gasteiger charge is 2.31. The number of nitrogens with zero attached hydrogens (tertiary/aromatic N) is 1. The average molecular weight is 347 g/mol. The molecular formula is C23H25NO2. The first-order chi connectivity index (χ1) is 12.8. The van der Waals surface area contributed by atoms with E-state index in [9.17, 15) is 4.79 Å². The van der Waals surface area contributed by atoms with Gasteiger partial charge in [-0.05, 0) is 47.9 Å². The van der Waals surface area contributed by atoms with Gasteiger partial charge < -0.3 is 9.64 Å². The van der Waals surface area contributed by atoms with E-state index in [-0.39, 0.29) is 18.1 Å². The summed E-state index contributed by atoms with van der Waals surface area (Å²) in [5.74, 6) is 0.119. The molecule has 3 heteroatoms. The van der Waals surface area contributed by atoms with Crippen LogP contribution in [0.25, 0.3) is 11.1 Å². The molecule has 2 aromatic rings. The summed E-state index contributed by atoms with van der Waals surface area (Å²) >= 11 is 0. The second-order valence-electron chi connectivity index (χ2n) is 7.17. The lowest BCUT2D eigenvalue weighted by Crippen LogP contribution is -2.44. The number of likely N-dealkylation sites (tertiary alicyclic amines) is 1. The molecule has 1 aliphatic heterocycles. The second kappa shape index (κ2) is 7.36. The molecule has 1 aliphatic carbocycles. The fourth-order valence-electron chi connectivity index (χ4n) is 4.36. The molecule has 4 rings (SSSR count). The summed E-state index contributed by atoms with van der Waals surface area (Å²) in [6.45, 7) is 5.01. The zero-order valence-corrected chi connectivity index (χ0v) is 15.1. The maximum absolute atomic E-state index is 12.7. The van der Waals surface area contributed by atoms with Gasteiger partial charge in [-0.1, -0.05) is 54.6 Å². The molecule has 1 unspecified atom stereocenters. The molecule has 1 amide bonds. The van der Waals surface area contributed by atoms with Crippen molar-refractivity contribution in [3.8, 4) is 11.1 Å². The predicted octanol–water partition coefficient (Wildman–Crippen LogP) is 5.37. The van der Waals surface area contributed by atoms with Crippen LogP contribution in [0.5, 0.6) is 0 Å². The lowest BCUT2D eigenvalue weighted by molar-refractivity contribution is 0.0719. The molecule has 2 aromatic carbocycles. The molecule has 2 aliphatic rings. The second-order valence-corrected chi connectivity index (χ2v) is 7.17. The molecule has 0 N–H and O–H groups in total. The molecule has 1 fully saturated rings. The number of carbonyl (C=O) groups is 1. The molecule has 0 bridgehead atoms. The van der Waals surface area contributed by atoms with E-state index in [1.54, 1.807) is 0 Å². The van der Waals surface area contributed by atoms with Crippen LogP contribution in [0.15, 0.2) is 61.2 Å². The van der Waals surface area contributed by atoms with Gasteiger partial charge in [0.15, 0.2) is 0 Å². The zero-order valence-electron chi connectivity index (χ0n) is 15.1. The summed E-state index contributed by atoms with van der Waals surface area (Å²) in [5.41, 5.74) is 5.02. The molecule has 1 saturated heterocycles. The standard InChI is InChI=1S/C23H25NO2/c1-2-9-17-10-7-8-15-24(17)23(25)26-16-22-20-13-5-3-11-18(20)19-12-4-6-14-21(19)22/h2-6,11-14,17,22H,1,7-10,15-16H2. The fraction of sp³-hybridized carbons (Fsp3) is 0.348. The lowest BCUT2D eigenvalue weighted by Gasteiger charge is -2.34. The Morgan fingerprint density at radius 2 is 1.73 bits per heavy atom. The van der Waals surface area contributed by atoms with Crippen LogP contribution in [-0.2, 0) is 4.74 Å². The van der Waals surface area contributed by atoms with Crippen molar-refractivity contribution in [3.63, 3.8) is 0 Å². The molecule has 26 heavy (non-hydrogen) atoms. The Bertz CT molecular complexity index is 768. The van der Waals surface area contributed by atoms with Gasteiger partial charge in [0, 0.05) is 18.5 Å². The summed E-state index contributed by atoms with van der Waals surface area (Å²) in [6, 6.07) is 17.1. The van der Waals surface area contributed by atoms with Crippen molar-refractivity contribution in [3.05, 3.63) is 72.3 Å². The lowest BCUT2D eigenvalue weighted by atomic mass is 9.98. The number of hydrogen-bond acceptors (Lipinski definition) is 2. The van der Waals surface area contributed by atoms with Crippen molar-refractivity contribution < 1.29 is 9.53 Å². The van der Waals surface area contributed by atoms with Crippen LogP contribution < -0.4 is 0 Å². The Kier molecular flexibility index (Phi) is 4.79. The zero-order chi connectivity index (χ0) is 17.9. The third kappa shape index (κ3) is 3.03. The van der Waals surface area contributed by atoms with E-state index in [4.69, 9.17) is 4.74 Å². The number of fused-ring (bicyclic) bond motifs is 3. The molecule has 0 spiro atoms. The Morgan fingerprint density at radius 3 is 2.38 bits per heavy atom. The van der Waals surface area contributed by atoms with Gasteiger partial charge in [0.05, 0.1) is 0 Å². The number of ether oxygens (including phenoxy) is 1. The van der Waals surface area contributed by atoms with Gasteiger partial charge in [-0.15, -0.1) is 6.58 Å². The summed E-state index contributed by atoms with van der Waals surface area (Å²) in [4.78, 5) is 14.6. The molecular weight excluding hydrogens is 322 g/mol. The molecule has 1 atom stereocenters. The van der Waals surface area contributed by atoms with Crippen molar-refractivity contribution >= 4 is 6.09 Å². The van der Waals surface area contributed by atoms with E-state index >= 15 is 0 Å². The van der Waals surface area contributed by atoms with E-state index < -0.39 is 0 Å². The minimum atomic E-state index is -0.182. The monoisotopic (exact) mass is 347 g/mol. The van der Waals surface area contributed by atoms with Crippen molar-refractivity contribution in [2.45, 2.75) is 37.6 Å². The minimum absolute atomic E-state index is 0.119. The summed E-state index contributed by atoms with van der Waals surface area (Å²) in [7, 11) is 0. The van der Waals surface area contributed by atoms with Gasteiger partial charge in [0.2, 0.25) is 0 Å². The highest BCUT2D eigenvalue weighted by Crippen LogP contribution is 2.44. The Morgan fingerprint density at radius 1 is 1.08 bits per heavy atom. The molecule has 0 saturated carbocycles. The molecule has 134 valence electrons. The van der Waals surface area contributed by atoms with Crippen LogP contribution in [0.2, 0.25) is 0 Å². The van der Waals surface area contributed by atoms with E-state index in [1.165, 1.54) is 28.7 Å². The van der Waals surface area contributed by atoms with Crippen LogP contribution in [0, 0.1) is 0 Å².